The third kappa shape index (κ3) is 4.18. The Bertz CT molecular complexity index is 662. The highest BCUT2D eigenvalue weighted by Crippen LogP contribution is 2.26. The molecule has 0 bridgehead atoms. The minimum absolute atomic E-state index is 0.223. The van der Waals surface area contributed by atoms with E-state index in [1.165, 1.54) is 11.1 Å². The van der Waals surface area contributed by atoms with Crippen molar-refractivity contribution >= 4 is 21.7 Å². The smallest absolute Gasteiger partial charge is 0.141 e. The Labute approximate surface area is 134 Å². The minimum atomic E-state index is 0.223. The number of benzene rings is 2. The van der Waals surface area contributed by atoms with Gasteiger partial charge in [-0.3, -0.25) is 4.79 Å². The summed E-state index contributed by atoms with van der Waals surface area (Å²) in [6.45, 7) is 4.10. The van der Waals surface area contributed by atoms with Crippen LogP contribution in [0.15, 0.2) is 40.9 Å². The molecule has 0 aromatic heterocycles. The predicted octanol–water partition coefficient (Wildman–Crippen LogP) is 4.43. The number of methoxy groups -OCH3 is 1. The summed E-state index contributed by atoms with van der Waals surface area (Å²) in [4.78, 5) is 12.3. The number of hydrogen-bond donors (Lipinski definition) is 0. The van der Waals surface area contributed by atoms with Crippen LogP contribution in [-0.4, -0.2) is 12.9 Å². The van der Waals surface area contributed by atoms with Crippen LogP contribution in [0.1, 0.15) is 22.3 Å². The number of aryl methyl sites for hydroxylation is 2. The van der Waals surface area contributed by atoms with Crippen molar-refractivity contribution in [2.45, 2.75) is 26.7 Å². The van der Waals surface area contributed by atoms with Gasteiger partial charge in [-0.25, -0.2) is 0 Å². The molecule has 3 heteroatoms. The van der Waals surface area contributed by atoms with E-state index in [0.29, 0.717) is 12.8 Å². The van der Waals surface area contributed by atoms with Crippen molar-refractivity contribution in [1.82, 2.24) is 0 Å². The van der Waals surface area contributed by atoms with Gasteiger partial charge in [-0.1, -0.05) is 29.8 Å². The molecule has 0 aliphatic carbocycles. The number of carbonyl (C=O) groups excluding carboxylic acids is 1. The van der Waals surface area contributed by atoms with Gasteiger partial charge in [-0.05, 0) is 58.6 Å². The molecule has 2 aromatic rings. The van der Waals surface area contributed by atoms with E-state index < -0.39 is 0 Å². The summed E-state index contributed by atoms with van der Waals surface area (Å²) in [6, 6.07) is 12.0. The summed E-state index contributed by atoms with van der Waals surface area (Å²) < 4.78 is 6.07. The Morgan fingerprint density at radius 1 is 1.10 bits per heavy atom. The van der Waals surface area contributed by atoms with Crippen LogP contribution in [0, 0.1) is 13.8 Å². The fourth-order valence-electron chi connectivity index (χ4n) is 2.31. The fraction of sp³-hybridized carbons (Fsp3) is 0.278. The van der Waals surface area contributed by atoms with Crippen molar-refractivity contribution in [3.63, 3.8) is 0 Å². The van der Waals surface area contributed by atoms with Gasteiger partial charge in [0.2, 0.25) is 0 Å². The lowest BCUT2D eigenvalue weighted by molar-refractivity contribution is -0.117. The normalized spacial score (nSPS) is 10.5. The lowest BCUT2D eigenvalue weighted by Gasteiger charge is -2.08. The molecular formula is C18H19BrO2. The molecule has 0 fully saturated rings. The summed E-state index contributed by atoms with van der Waals surface area (Å²) >= 11 is 3.45. The van der Waals surface area contributed by atoms with Crippen LogP contribution in [0.5, 0.6) is 5.75 Å². The Kier molecular flexibility index (Phi) is 5.18. The van der Waals surface area contributed by atoms with Gasteiger partial charge >= 0.3 is 0 Å². The maximum absolute atomic E-state index is 12.3. The lowest BCUT2D eigenvalue weighted by atomic mass is 9.98. The van der Waals surface area contributed by atoms with E-state index >= 15 is 0 Å². The lowest BCUT2D eigenvalue weighted by Crippen LogP contribution is -2.08. The van der Waals surface area contributed by atoms with E-state index in [1.54, 1.807) is 7.11 Å². The van der Waals surface area contributed by atoms with E-state index in [2.05, 4.69) is 34.1 Å². The molecule has 0 heterocycles. The first kappa shape index (κ1) is 15.8. The largest absolute Gasteiger partial charge is 0.496 e. The first-order chi connectivity index (χ1) is 9.99. The zero-order valence-corrected chi connectivity index (χ0v) is 14.2. The van der Waals surface area contributed by atoms with Gasteiger partial charge in [0, 0.05) is 12.8 Å². The highest BCUT2D eigenvalue weighted by atomic mass is 79.9. The summed E-state index contributed by atoms with van der Waals surface area (Å²) in [5.74, 6) is 1.00. The molecule has 21 heavy (non-hydrogen) atoms. The molecule has 0 aliphatic heterocycles. The van der Waals surface area contributed by atoms with E-state index in [4.69, 9.17) is 4.74 Å². The Balaban J connectivity index is 2.08. The number of Topliss-reactive ketones (excluding diaryl/α,β-unsaturated/α-hetero) is 1. The molecule has 2 rings (SSSR count). The van der Waals surface area contributed by atoms with E-state index in [-0.39, 0.29) is 5.78 Å². The molecule has 0 saturated heterocycles. The molecule has 0 saturated carbocycles. The van der Waals surface area contributed by atoms with Crippen LogP contribution >= 0.6 is 15.9 Å². The SMILES string of the molecule is COc1ccc(CC(=O)Cc2cc(C)ccc2C)cc1Br. The molecule has 0 aliphatic rings. The zero-order chi connectivity index (χ0) is 15.4. The van der Waals surface area contributed by atoms with Crippen molar-refractivity contribution in [3.05, 3.63) is 63.1 Å². The van der Waals surface area contributed by atoms with Crippen molar-refractivity contribution < 1.29 is 9.53 Å². The molecular weight excluding hydrogens is 328 g/mol. The fourth-order valence-corrected chi connectivity index (χ4v) is 2.90. The average molecular weight is 347 g/mol. The Hall–Kier alpha value is -1.61. The van der Waals surface area contributed by atoms with Crippen molar-refractivity contribution in [2.75, 3.05) is 7.11 Å². The maximum Gasteiger partial charge on any atom is 0.141 e. The molecule has 0 spiro atoms. The average Bonchev–Trinajstić information content (AvgIpc) is 2.43. The number of hydrogen-bond acceptors (Lipinski definition) is 2. The highest BCUT2D eigenvalue weighted by Gasteiger charge is 2.09. The number of ether oxygens (including phenoxy) is 1. The van der Waals surface area contributed by atoms with Gasteiger partial charge in [0.25, 0.3) is 0 Å². The van der Waals surface area contributed by atoms with Crippen LogP contribution in [0.4, 0.5) is 0 Å². The molecule has 2 nitrogen and oxygen atoms in total. The summed E-state index contributed by atoms with van der Waals surface area (Å²) in [5, 5.41) is 0. The van der Waals surface area contributed by atoms with Gasteiger partial charge in [-0.15, -0.1) is 0 Å². The second-order valence-corrected chi connectivity index (χ2v) is 6.15. The van der Waals surface area contributed by atoms with Crippen LogP contribution in [0.25, 0.3) is 0 Å². The van der Waals surface area contributed by atoms with Gasteiger partial charge in [0.1, 0.15) is 11.5 Å². The first-order valence-corrected chi connectivity index (χ1v) is 7.69. The van der Waals surface area contributed by atoms with Crippen molar-refractivity contribution in [1.29, 1.82) is 0 Å². The van der Waals surface area contributed by atoms with Crippen LogP contribution < -0.4 is 4.74 Å². The summed E-state index contributed by atoms with van der Waals surface area (Å²) in [6.07, 6.45) is 0.924. The van der Waals surface area contributed by atoms with Crippen LogP contribution in [-0.2, 0) is 17.6 Å². The van der Waals surface area contributed by atoms with Gasteiger partial charge < -0.3 is 4.74 Å². The first-order valence-electron chi connectivity index (χ1n) is 6.90. The molecule has 0 atom stereocenters. The molecule has 2 aromatic carbocycles. The predicted molar refractivity (Wildman–Crippen MR) is 89.0 cm³/mol. The van der Waals surface area contributed by atoms with Gasteiger partial charge in [0.15, 0.2) is 0 Å². The third-order valence-electron chi connectivity index (χ3n) is 3.51. The molecule has 110 valence electrons. The monoisotopic (exact) mass is 346 g/mol. The van der Waals surface area contributed by atoms with E-state index in [0.717, 1.165) is 21.3 Å². The van der Waals surface area contributed by atoms with Crippen molar-refractivity contribution in [3.8, 4) is 5.75 Å². The topological polar surface area (TPSA) is 26.3 Å². The van der Waals surface area contributed by atoms with Gasteiger partial charge in [-0.2, -0.15) is 0 Å². The quantitative estimate of drug-likeness (QED) is 0.800. The maximum atomic E-state index is 12.3. The third-order valence-corrected chi connectivity index (χ3v) is 4.13. The van der Waals surface area contributed by atoms with E-state index in [1.807, 2.05) is 32.0 Å². The number of rotatable bonds is 5. The molecule has 0 amide bonds. The summed E-state index contributed by atoms with van der Waals surface area (Å²) in [7, 11) is 1.63. The number of carbonyl (C=O) groups is 1. The van der Waals surface area contributed by atoms with Crippen LogP contribution in [0.3, 0.4) is 0 Å². The standard InChI is InChI=1S/C18H19BrO2/c1-12-4-5-13(2)15(8-12)11-16(20)9-14-6-7-18(21-3)17(19)10-14/h4-8,10H,9,11H2,1-3H3. The minimum Gasteiger partial charge on any atom is -0.496 e. The van der Waals surface area contributed by atoms with Crippen LogP contribution in [0.2, 0.25) is 0 Å². The second-order valence-electron chi connectivity index (χ2n) is 5.29. The Morgan fingerprint density at radius 3 is 2.52 bits per heavy atom. The summed E-state index contributed by atoms with van der Waals surface area (Å²) in [5.41, 5.74) is 4.48. The Morgan fingerprint density at radius 2 is 1.86 bits per heavy atom. The number of ketones is 1. The molecule has 0 N–H and O–H groups in total. The van der Waals surface area contributed by atoms with Gasteiger partial charge in [0.05, 0.1) is 11.6 Å². The molecule has 0 radical (unpaired) electrons. The zero-order valence-electron chi connectivity index (χ0n) is 12.6. The van der Waals surface area contributed by atoms with E-state index in [9.17, 15) is 4.79 Å². The number of halogens is 1. The highest BCUT2D eigenvalue weighted by molar-refractivity contribution is 9.10. The molecule has 0 unspecified atom stereocenters. The van der Waals surface area contributed by atoms with Crippen molar-refractivity contribution in [2.24, 2.45) is 0 Å². The second kappa shape index (κ2) is 6.90.